The quantitative estimate of drug-likeness (QED) is 0.842. The highest BCUT2D eigenvalue weighted by Crippen LogP contribution is 2.48. The minimum Gasteiger partial charge on any atom is -0.380 e. The van der Waals surface area contributed by atoms with Crippen LogP contribution in [-0.4, -0.2) is 25.8 Å². The molecule has 122 valence electrons. The molecule has 1 aromatic carbocycles. The Balaban J connectivity index is 2.57. The molecule has 0 radical (unpaired) electrons. The number of nitrogens with one attached hydrogen (secondary N) is 1. The molecular formula is C20H31NO. The van der Waals surface area contributed by atoms with Crippen molar-refractivity contribution in [3.8, 4) is 0 Å². The number of hydrogen-bond acceptors (Lipinski definition) is 2. The van der Waals surface area contributed by atoms with Crippen molar-refractivity contribution in [2.24, 2.45) is 0 Å². The van der Waals surface area contributed by atoms with Crippen molar-refractivity contribution in [2.45, 2.75) is 59.9 Å². The molecule has 2 rings (SSSR count). The van der Waals surface area contributed by atoms with E-state index in [1.54, 1.807) is 0 Å². The summed E-state index contributed by atoms with van der Waals surface area (Å²) in [6, 6.07) is 5.05. The van der Waals surface area contributed by atoms with Gasteiger partial charge in [-0.05, 0) is 62.4 Å². The Morgan fingerprint density at radius 1 is 1.14 bits per heavy atom. The molecule has 0 spiro atoms. The van der Waals surface area contributed by atoms with Gasteiger partial charge < -0.3 is 10.1 Å². The Morgan fingerprint density at radius 2 is 1.82 bits per heavy atom. The van der Waals surface area contributed by atoms with Crippen LogP contribution in [-0.2, 0) is 10.2 Å². The van der Waals surface area contributed by atoms with Crippen LogP contribution in [0.4, 0.5) is 0 Å². The zero-order valence-corrected chi connectivity index (χ0v) is 15.3. The van der Waals surface area contributed by atoms with E-state index in [-0.39, 0.29) is 5.41 Å². The van der Waals surface area contributed by atoms with Gasteiger partial charge in [-0.2, -0.15) is 0 Å². The summed E-state index contributed by atoms with van der Waals surface area (Å²) in [5.74, 6) is 0. The van der Waals surface area contributed by atoms with Gasteiger partial charge in [-0.25, -0.2) is 0 Å². The van der Waals surface area contributed by atoms with Gasteiger partial charge in [0.05, 0.1) is 12.0 Å². The Bertz CT molecular complexity index is 586. The molecule has 1 aliphatic carbocycles. The van der Waals surface area contributed by atoms with Crippen LogP contribution in [0.3, 0.4) is 0 Å². The standard InChI is InChI=1S/C20H31NO/c1-8-22-12-20(11-21-13(2)3)17(7)16(6)19-15(5)14(4)9-10-18(19)20/h9-10,13,21H,8,11-12H2,1-7H3. The predicted octanol–water partition coefficient (Wildman–Crippen LogP) is 4.38. The maximum Gasteiger partial charge on any atom is 0.0612 e. The van der Waals surface area contributed by atoms with Crippen molar-refractivity contribution < 1.29 is 4.74 Å². The molecule has 0 bridgehead atoms. The fraction of sp³-hybridized carbons (Fsp3) is 0.600. The van der Waals surface area contributed by atoms with Gasteiger partial charge in [-0.3, -0.25) is 0 Å². The summed E-state index contributed by atoms with van der Waals surface area (Å²) in [5.41, 5.74) is 8.53. The molecule has 0 saturated carbocycles. The van der Waals surface area contributed by atoms with E-state index in [4.69, 9.17) is 4.74 Å². The largest absolute Gasteiger partial charge is 0.380 e. The van der Waals surface area contributed by atoms with Crippen LogP contribution >= 0.6 is 0 Å². The number of benzene rings is 1. The average Bonchev–Trinajstić information content (AvgIpc) is 2.69. The van der Waals surface area contributed by atoms with Gasteiger partial charge in [-0.1, -0.05) is 31.6 Å². The molecule has 1 N–H and O–H groups in total. The molecule has 2 nitrogen and oxygen atoms in total. The Morgan fingerprint density at radius 3 is 2.41 bits per heavy atom. The van der Waals surface area contributed by atoms with Crippen molar-refractivity contribution in [2.75, 3.05) is 19.8 Å². The minimum atomic E-state index is -0.0296. The zero-order valence-electron chi connectivity index (χ0n) is 15.3. The van der Waals surface area contributed by atoms with Gasteiger partial charge >= 0.3 is 0 Å². The van der Waals surface area contributed by atoms with E-state index in [0.29, 0.717) is 6.04 Å². The second-order valence-electron chi connectivity index (χ2n) is 6.93. The third-order valence-corrected chi connectivity index (χ3v) is 5.27. The third-order valence-electron chi connectivity index (χ3n) is 5.27. The fourth-order valence-corrected chi connectivity index (χ4v) is 3.57. The fourth-order valence-electron chi connectivity index (χ4n) is 3.57. The van der Waals surface area contributed by atoms with Crippen LogP contribution in [0.2, 0.25) is 0 Å². The SMILES string of the molecule is CCOCC1(CNC(C)C)C(C)=C(C)c2c1ccc(C)c2C. The predicted molar refractivity (Wildman–Crippen MR) is 95.5 cm³/mol. The lowest BCUT2D eigenvalue weighted by Crippen LogP contribution is -2.44. The average molecular weight is 301 g/mol. The molecule has 2 heteroatoms. The summed E-state index contributed by atoms with van der Waals surface area (Å²) < 4.78 is 5.92. The summed E-state index contributed by atoms with van der Waals surface area (Å²) in [4.78, 5) is 0. The molecule has 1 unspecified atom stereocenters. The van der Waals surface area contributed by atoms with Crippen molar-refractivity contribution in [1.82, 2.24) is 5.32 Å². The first kappa shape index (κ1) is 17.2. The van der Waals surface area contributed by atoms with E-state index >= 15 is 0 Å². The van der Waals surface area contributed by atoms with Gasteiger partial charge in [0, 0.05) is 19.2 Å². The van der Waals surface area contributed by atoms with E-state index < -0.39 is 0 Å². The second-order valence-corrected chi connectivity index (χ2v) is 6.93. The summed E-state index contributed by atoms with van der Waals surface area (Å²) in [6.07, 6.45) is 0. The first-order valence-corrected chi connectivity index (χ1v) is 8.45. The van der Waals surface area contributed by atoms with E-state index in [0.717, 1.165) is 19.8 Å². The smallest absolute Gasteiger partial charge is 0.0612 e. The van der Waals surface area contributed by atoms with Gasteiger partial charge in [-0.15, -0.1) is 0 Å². The molecule has 22 heavy (non-hydrogen) atoms. The maximum atomic E-state index is 5.92. The van der Waals surface area contributed by atoms with E-state index in [2.05, 4.69) is 65.9 Å². The summed E-state index contributed by atoms with van der Waals surface area (Å²) in [5, 5.41) is 3.65. The molecule has 1 aliphatic rings. The van der Waals surface area contributed by atoms with Crippen molar-refractivity contribution >= 4 is 5.57 Å². The number of aryl methyl sites for hydroxylation is 1. The summed E-state index contributed by atoms with van der Waals surface area (Å²) in [6.45, 7) is 17.9. The van der Waals surface area contributed by atoms with Crippen molar-refractivity contribution in [1.29, 1.82) is 0 Å². The number of fused-ring (bicyclic) bond motifs is 1. The molecule has 0 heterocycles. The molecule has 0 fully saturated rings. The van der Waals surface area contributed by atoms with Crippen LogP contribution < -0.4 is 5.32 Å². The van der Waals surface area contributed by atoms with Crippen LogP contribution in [0.25, 0.3) is 5.57 Å². The van der Waals surface area contributed by atoms with Gasteiger partial charge in [0.25, 0.3) is 0 Å². The van der Waals surface area contributed by atoms with Crippen LogP contribution in [0, 0.1) is 13.8 Å². The van der Waals surface area contributed by atoms with Gasteiger partial charge in [0.1, 0.15) is 0 Å². The Labute approximate surface area is 136 Å². The summed E-state index contributed by atoms with van der Waals surface area (Å²) >= 11 is 0. The topological polar surface area (TPSA) is 21.3 Å². The van der Waals surface area contributed by atoms with Crippen molar-refractivity contribution in [3.05, 3.63) is 40.0 Å². The minimum absolute atomic E-state index is 0.0296. The Hall–Kier alpha value is -1.12. The normalized spacial score (nSPS) is 20.9. The molecule has 0 saturated heterocycles. The number of allylic oxidation sites excluding steroid dienone is 1. The van der Waals surface area contributed by atoms with Gasteiger partial charge in [0.15, 0.2) is 0 Å². The van der Waals surface area contributed by atoms with Crippen LogP contribution in [0.1, 0.15) is 56.9 Å². The monoisotopic (exact) mass is 301 g/mol. The summed E-state index contributed by atoms with van der Waals surface area (Å²) in [7, 11) is 0. The van der Waals surface area contributed by atoms with Crippen LogP contribution in [0.5, 0.6) is 0 Å². The first-order valence-electron chi connectivity index (χ1n) is 8.45. The highest BCUT2D eigenvalue weighted by Gasteiger charge is 2.42. The van der Waals surface area contributed by atoms with Crippen LogP contribution in [0.15, 0.2) is 17.7 Å². The lowest BCUT2D eigenvalue weighted by Gasteiger charge is -2.34. The molecule has 1 atom stereocenters. The number of rotatable bonds is 6. The van der Waals surface area contributed by atoms with Crippen molar-refractivity contribution in [3.63, 3.8) is 0 Å². The number of ether oxygens (including phenoxy) is 1. The maximum absolute atomic E-state index is 5.92. The second kappa shape index (κ2) is 6.55. The van der Waals surface area contributed by atoms with E-state index in [1.807, 2.05) is 0 Å². The highest BCUT2D eigenvalue weighted by atomic mass is 16.5. The molecule has 0 amide bonds. The molecule has 1 aromatic rings. The highest BCUT2D eigenvalue weighted by molar-refractivity contribution is 5.81. The van der Waals surface area contributed by atoms with E-state index in [9.17, 15) is 0 Å². The van der Waals surface area contributed by atoms with Gasteiger partial charge in [0.2, 0.25) is 0 Å². The molecular weight excluding hydrogens is 270 g/mol. The number of hydrogen-bond donors (Lipinski definition) is 1. The van der Waals surface area contributed by atoms with E-state index in [1.165, 1.54) is 33.4 Å². The Kier molecular flexibility index (Phi) is 5.14. The first-order chi connectivity index (χ1) is 10.3. The lowest BCUT2D eigenvalue weighted by atomic mass is 9.77. The molecule has 0 aromatic heterocycles. The zero-order chi connectivity index (χ0) is 16.5. The lowest BCUT2D eigenvalue weighted by molar-refractivity contribution is 0.105. The third kappa shape index (κ3) is 2.75. The molecule has 0 aliphatic heterocycles.